The second-order valence-electron chi connectivity index (χ2n) is 4.88. The Morgan fingerprint density at radius 2 is 2.10 bits per heavy atom. The minimum atomic E-state index is 0.337. The number of likely N-dealkylation sites (tertiary alicyclic amines) is 1. The van der Waals surface area contributed by atoms with Crippen molar-refractivity contribution >= 4 is 5.69 Å². The lowest BCUT2D eigenvalue weighted by Gasteiger charge is -2.31. The summed E-state index contributed by atoms with van der Waals surface area (Å²) in [6, 6.07) is 10.1. The van der Waals surface area contributed by atoms with E-state index in [1.807, 2.05) is 6.07 Å². The van der Waals surface area contributed by atoms with Crippen molar-refractivity contribution in [2.24, 2.45) is 0 Å². The number of piperidine rings is 1. The molecule has 1 saturated heterocycles. The van der Waals surface area contributed by atoms with Gasteiger partial charge in [-0.05, 0) is 25.0 Å². The lowest BCUT2D eigenvalue weighted by Crippen LogP contribution is -2.39. The summed E-state index contributed by atoms with van der Waals surface area (Å²) in [6.45, 7) is 2.32. The topological polar surface area (TPSA) is 72.1 Å². The van der Waals surface area contributed by atoms with E-state index < -0.39 is 0 Å². The van der Waals surface area contributed by atoms with Crippen molar-refractivity contribution in [1.82, 2.24) is 4.90 Å². The number of hydrogen-bond acceptors (Lipinski definition) is 5. The van der Waals surface area contributed by atoms with Crippen molar-refractivity contribution in [2.75, 3.05) is 32.1 Å². The van der Waals surface area contributed by atoms with Gasteiger partial charge < -0.3 is 10.1 Å². The molecule has 104 valence electrons. The number of nitrogens with zero attached hydrogens (tertiary/aromatic N) is 3. The maximum absolute atomic E-state index is 9.15. The summed E-state index contributed by atoms with van der Waals surface area (Å²) < 4.78 is 5.20. The number of nitrogens with one attached hydrogen (secondary N) is 1. The Bertz CT molecular complexity index is 536. The molecule has 0 radical (unpaired) electrons. The van der Waals surface area contributed by atoms with Gasteiger partial charge >= 0.3 is 0 Å². The standard InChI is InChI=1S/C15H18N4O/c1-20-14-3-2-12(11-17)15(10-14)18-13-4-7-19(8-5-13)9-6-16/h2-3,10,13,18H,4-5,7-9H2,1H3. The third kappa shape index (κ3) is 3.40. The molecular weight excluding hydrogens is 252 g/mol. The maximum Gasteiger partial charge on any atom is 0.121 e. The third-order valence-corrected chi connectivity index (χ3v) is 3.59. The smallest absolute Gasteiger partial charge is 0.121 e. The molecule has 0 aromatic heterocycles. The van der Waals surface area contributed by atoms with Crippen LogP contribution in [0.3, 0.4) is 0 Å². The molecule has 1 aromatic carbocycles. The van der Waals surface area contributed by atoms with Crippen LogP contribution in [0.1, 0.15) is 18.4 Å². The molecule has 1 heterocycles. The van der Waals surface area contributed by atoms with Crippen molar-refractivity contribution in [1.29, 1.82) is 10.5 Å². The highest BCUT2D eigenvalue weighted by molar-refractivity contribution is 5.60. The van der Waals surface area contributed by atoms with Gasteiger partial charge in [0.2, 0.25) is 0 Å². The van der Waals surface area contributed by atoms with Gasteiger partial charge in [-0.15, -0.1) is 0 Å². The second-order valence-corrected chi connectivity index (χ2v) is 4.88. The fourth-order valence-electron chi connectivity index (χ4n) is 2.42. The minimum absolute atomic E-state index is 0.337. The van der Waals surface area contributed by atoms with Gasteiger partial charge in [0.15, 0.2) is 0 Å². The molecule has 0 saturated carbocycles. The Morgan fingerprint density at radius 3 is 2.70 bits per heavy atom. The maximum atomic E-state index is 9.15. The molecule has 0 atom stereocenters. The first-order chi connectivity index (χ1) is 9.76. The Labute approximate surface area is 119 Å². The van der Waals surface area contributed by atoms with Crippen LogP contribution in [0.15, 0.2) is 18.2 Å². The van der Waals surface area contributed by atoms with Crippen LogP contribution in [0.5, 0.6) is 5.75 Å². The molecule has 1 N–H and O–H groups in total. The first-order valence-electron chi connectivity index (χ1n) is 6.71. The normalized spacial score (nSPS) is 16.1. The predicted molar refractivity (Wildman–Crippen MR) is 76.4 cm³/mol. The van der Waals surface area contributed by atoms with Crippen molar-refractivity contribution in [3.8, 4) is 17.9 Å². The van der Waals surface area contributed by atoms with Gasteiger partial charge in [0.1, 0.15) is 11.8 Å². The number of rotatable bonds is 4. The molecule has 1 aliphatic heterocycles. The average Bonchev–Trinajstić information content (AvgIpc) is 2.49. The van der Waals surface area contributed by atoms with Crippen LogP contribution in [0, 0.1) is 22.7 Å². The quantitative estimate of drug-likeness (QED) is 0.847. The average molecular weight is 270 g/mol. The fourth-order valence-corrected chi connectivity index (χ4v) is 2.42. The number of benzene rings is 1. The highest BCUT2D eigenvalue weighted by atomic mass is 16.5. The zero-order chi connectivity index (χ0) is 14.4. The number of ether oxygens (including phenoxy) is 1. The number of anilines is 1. The third-order valence-electron chi connectivity index (χ3n) is 3.59. The predicted octanol–water partition coefficient (Wildman–Crippen LogP) is 1.97. The Kier molecular flexibility index (Phi) is 4.81. The van der Waals surface area contributed by atoms with Gasteiger partial charge in [0, 0.05) is 25.2 Å². The summed E-state index contributed by atoms with van der Waals surface area (Å²) in [7, 11) is 1.62. The van der Waals surface area contributed by atoms with E-state index in [0.717, 1.165) is 37.4 Å². The Morgan fingerprint density at radius 1 is 1.35 bits per heavy atom. The molecule has 0 unspecified atom stereocenters. The molecule has 5 heteroatoms. The van der Waals surface area contributed by atoms with Gasteiger partial charge in [-0.2, -0.15) is 10.5 Å². The van der Waals surface area contributed by atoms with Crippen LogP contribution in [0.4, 0.5) is 5.69 Å². The summed E-state index contributed by atoms with van der Waals surface area (Å²) in [5.41, 5.74) is 1.45. The highest BCUT2D eigenvalue weighted by Gasteiger charge is 2.19. The van der Waals surface area contributed by atoms with Gasteiger partial charge in [-0.3, -0.25) is 4.90 Å². The Balaban J connectivity index is 2.01. The van der Waals surface area contributed by atoms with E-state index >= 15 is 0 Å². The molecule has 1 aliphatic rings. The summed E-state index contributed by atoms with van der Waals surface area (Å²) in [6.07, 6.45) is 1.95. The van der Waals surface area contributed by atoms with Crippen LogP contribution in [0.25, 0.3) is 0 Å². The van der Waals surface area contributed by atoms with Crippen LogP contribution >= 0.6 is 0 Å². The lowest BCUT2D eigenvalue weighted by atomic mass is 10.0. The van der Waals surface area contributed by atoms with E-state index in [-0.39, 0.29) is 0 Å². The number of methoxy groups -OCH3 is 1. The first kappa shape index (κ1) is 14.2. The molecule has 1 aromatic rings. The molecule has 0 aliphatic carbocycles. The van der Waals surface area contributed by atoms with Crippen LogP contribution in [-0.4, -0.2) is 37.7 Å². The van der Waals surface area contributed by atoms with E-state index in [1.54, 1.807) is 19.2 Å². The van der Waals surface area contributed by atoms with Crippen molar-refractivity contribution in [2.45, 2.75) is 18.9 Å². The van der Waals surface area contributed by atoms with Crippen LogP contribution in [-0.2, 0) is 0 Å². The molecule has 0 amide bonds. The van der Waals surface area contributed by atoms with E-state index in [4.69, 9.17) is 15.3 Å². The van der Waals surface area contributed by atoms with Gasteiger partial charge in [0.05, 0.1) is 31.0 Å². The van der Waals surface area contributed by atoms with Gasteiger partial charge in [0.25, 0.3) is 0 Å². The SMILES string of the molecule is COc1ccc(C#N)c(NC2CCN(CC#N)CC2)c1. The lowest BCUT2D eigenvalue weighted by molar-refractivity contribution is 0.242. The molecule has 0 bridgehead atoms. The molecule has 20 heavy (non-hydrogen) atoms. The zero-order valence-electron chi connectivity index (χ0n) is 11.6. The summed E-state index contributed by atoms with van der Waals surface area (Å²) in [5, 5.41) is 21.3. The minimum Gasteiger partial charge on any atom is -0.497 e. The van der Waals surface area contributed by atoms with Gasteiger partial charge in [-0.1, -0.05) is 0 Å². The molecule has 5 nitrogen and oxygen atoms in total. The monoisotopic (exact) mass is 270 g/mol. The summed E-state index contributed by atoms with van der Waals surface area (Å²) in [5.74, 6) is 0.744. The Hall–Kier alpha value is -2.24. The molecule has 0 spiro atoms. The van der Waals surface area contributed by atoms with Crippen molar-refractivity contribution < 1.29 is 4.74 Å². The fraction of sp³-hybridized carbons (Fsp3) is 0.467. The molecule has 1 fully saturated rings. The molecular formula is C15H18N4O. The summed E-state index contributed by atoms with van der Waals surface area (Å²) in [4.78, 5) is 2.15. The summed E-state index contributed by atoms with van der Waals surface area (Å²) >= 11 is 0. The first-order valence-corrected chi connectivity index (χ1v) is 6.71. The number of hydrogen-bond donors (Lipinski definition) is 1. The van der Waals surface area contributed by atoms with E-state index in [2.05, 4.69) is 22.4 Å². The van der Waals surface area contributed by atoms with E-state index in [9.17, 15) is 0 Å². The van der Waals surface area contributed by atoms with E-state index in [0.29, 0.717) is 18.2 Å². The largest absolute Gasteiger partial charge is 0.497 e. The van der Waals surface area contributed by atoms with E-state index in [1.165, 1.54) is 0 Å². The zero-order valence-corrected chi connectivity index (χ0v) is 11.6. The van der Waals surface area contributed by atoms with Crippen molar-refractivity contribution in [3.05, 3.63) is 23.8 Å². The van der Waals surface area contributed by atoms with Crippen LogP contribution < -0.4 is 10.1 Å². The second kappa shape index (κ2) is 6.79. The molecule has 2 rings (SSSR count). The number of nitriles is 2. The highest BCUT2D eigenvalue weighted by Crippen LogP contribution is 2.24. The van der Waals surface area contributed by atoms with Crippen LogP contribution in [0.2, 0.25) is 0 Å². The van der Waals surface area contributed by atoms with Gasteiger partial charge in [-0.25, -0.2) is 0 Å². The van der Waals surface area contributed by atoms with Crippen molar-refractivity contribution in [3.63, 3.8) is 0 Å².